The Kier molecular flexibility index (Phi) is 6.08. The minimum absolute atomic E-state index is 0.158. The third-order valence-corrected chi connectivity index (χ3v) is 9.15. The van der Waals surface area contributed by atoms with Crippen LogP contribution < -0.4 is 5.73 Å². The van der Waals surface area contributed by atoms with Gasteiger partial charge in [0.15, 0.2) is 5.16 Å². The topological polar surface area (TPSA) is 78.1 Å². The van der Waals surface area contributed by atoms with Gasteiger partial charge >= 0.3 is 5.97 Å². The number of aromatic nitrogens is 2. The van der Waals surface area contributed by atoms with Gasteiger partial charge in [-0.15, -0.1) is 23.1 Å². The highest BCUT2D eigenvalue weighted by Gasteiger charge is 2.34. The van der Waals surface area contributed by atoms with E-state index < -0.39 is 0 Å². The van der Waals surface area contributed by atoms with E-state index in [0.717, 1.165) is 16.6 Å². The molecule has 1 aliphatic heterocycles. The molecular formula is C24H21N3O2S3. The van der Waals surface area contributed by atoms with Crippen molar-refractivity contribution in [3.8, 4) is 0 Å². The summed E-state index contributed by atoms with van der Waals surface area (Å²) in [5.41, 5.74) is 10.3. The number of hydrogen-bond donors (Lipinski definition) is 1. The lowest BCUT2D eigenvalue weighted by Crippen LogP contribution is -2.12. The van der Waals surface area contributed by atoms with E-state index in [9.17, 15) is 4.79 Å². The number of ether oxygens (including phenoxy) is 1. The second-order valence-electron chi connectivity index (χ2n) is 7.41. The molecule has 2 aromatic carbocycles. The SMILES string of the molecule is COC(=O)CSc1nc(N)c2c3c(sc2n1)[C@H](c1ccccc1)S[C@@H](c1ccccc1)C3. The number of methoxy groups -OCH3 is 1. The number of fused-ring (bicyclic) bond motifs is 3. The fraction of sp³-hybridized carbons (Fsp3) is 0.208. The van der Waals surface area contributed by atoms with E-state index >= 15 is 0 Å². The largest absolute Gasteiger partial charge is 0.468 e. The number of benzene rings is 2. The molecule has 0 bridgehead atoms. The molecule has 2 atom stereocenters. The Morgan fingerprint density at radius 1 is 1.09 bits per heavy atom. The summed E-state index contributed by atoms with van der Waals surface area (Å²) in [7, 11) is 1.37. The maximum Gasteiger partial charge on any atom is 0.316 e. The molecule has 0 amide bonds. The quantitative estimate of drug-likeness (QED) is 0.225. The number of thiophene rings is 1. The molecule has 8 heteroatoms. The second kappa shape index (κ2) is 9.13. The first-order chi connectivity index (χ1) is 15.6. The van der Waals surface area contributed by atoms with Gasteiger partial charge in [-0.05, 0) is 23.1 Å². The van der Waals surface area contributed by atoms with Crippen molar-refractivity contribution in [2.24, 2.45) is 0 Å². The van der Waals surface area contributed by atoms with Crippen molar-refractivity contribution in [2.75, 3.05) is 18.6 Å². The van der Waals surface area contributed by atoms with Crippen LogP contribution in [-0.4, -0.2) is 28.8 Å². The van der Waals surface area contributed by atoms with E-state index in [0.29, 0.717) is 16.2 Å². The van der Waals surface area contributed by atoms with E-state index in [1.807, 2.05) is 17.8 Å². The van der Waals surface area contributed by atoms with E-state index in [2.05, 4.69) is 59.6 Å². The summed E-state index contributed by atoms with van der Waals surface area (Å²) in [5.74, 6) is 0.324. The molecule has 3 heterocycles. The van der Waals surface area contributed by atoms with Gasteiger partial charge < -0.3 is 10.5 Å². The van der Waals surface area contributed by atoms with Gasteiger partial charge in [0.05, 0.1) is 23.5 Å². The molecule has 0 spiro atoms. The lowest BCUT2D eigenvalue weighted by atomic mass is 9.98. The van der Waals surface area contributed by atoms with Crippen LogP contribution in [0.1, 0.15) is 32.1 Å². The summed E-state index contributed by atoms with van der Waals surface area (Å²) in [6.07, 6.45) is 0.884. The number of carbonyl (C=O) groups is 1. The molecule has 0 saturated carbocycles. The fourth-order valence-electron chi connectivity index (χ4n) is 3.93. The fourth-order valence-corrected chi connectivity index (χ4v) is 7.69. The molecule has 1 aliphatic rings. The molecule has 0 saturated heterocycles. The van der Waals surface area contributed by atoms with Crippen molar-refractivity contribution in [3.05, 3.63) is 82.2 Å². The van der Waals surface area contributed by atoms with E-state index in [-0.39, 0.29) is 17.0 Å². The van der Waals surface area contributed by atoms with Crippen LogP contribution in [0.25, 0.3) is 10.2 Å². The van der Waals surface area contributed by atoms with E-state index in [1.54, 1.807) is 11.3 Å². The predicted octanol–water partition coefficient (Wildman–Crippen LogP) is 5.66. The van der Waals surface area contributed by atoms with Gasteiger partial charge in [-0.3, -0.25) is 4.79 Å². The monoisotopic (exact) mass is 479 g/mol. The maximum atomic E-state index is 11.5. The molecular weight excluding hydrogens is 458 g/mol. The summed E-state index contributed by atoms with van der Waals surface area (Å²) in [4.78, 5) is 23.0. The van der Waals surface area contributed by atoms with Crippen molar-refractivity contribution < 1.29 is 9.53 Å². The average molecular weight is 480 g/mol. The van der Waals surface area contributed by atoms with Crippen LogP contribution in [0.15, 0.2) is 65.8 Å². The molecule has 32 heavy (non-hydrogen) atoms. The van der Waals surface area contributed by atoms with Crippen LogP contribution in [0.2, 0.25) is 0 Å². The van der Waals surface area contributed by atoms with Crippen molar-refractivity contribution >= 4 is 56.9 Å². The van der Waals surface area contributed by atoms with Crippen molar-refractivity contribution in [3.63, 3.8) is 0 Å². The molecule has 162 valence electrons. The molecule has 2 N–H and O–H groups in total. The lowest BCUT2D eigenvalue weighted by molar-refractivity contribution is -0.137. The Balaban J connectivity index is 1.60. The Morgan fingerprint density at radius 2 is 1.78 bits per heavy atom. The Morgan fingerprint density at radius 3 is 2.47 bits per heavy atom. The number of carbonyl (C=O) groups excluding carboxylic acids is 1. The summed E-state index contributed by atoms with van der Waals surface area (Å²) in [6, 6.07) is 21.2. The zero-order valence-corrected chi connectivity index (χ0v) is 19.8. The Labute approximate surface area is 198 Å². The molecule has 4 aromatic rings. The van der Waals surface area contributed by atoms with Gasteiger partial charge in [0.2, 0.25) is 0 Å². The minimum atomic E-state index is -0.311. The number of anilines is 1. The van der Waals surface area contributed by atoms with Crippen molar-refractivity contribution in [2.45, 2.75) is 22.1 Å². The zero-order chi connectivity index (χ0) is 22.1. The number of nitrogens with two attached hydrogens (primary N) is 1. The normalized spacial score (nSPS) is 17.8. The zero-order valence-electron chi connectivity index (χ0n) is 17.4. The average Bonchev–Trinajstić information content (AvgIpc) is 3.22. The molecule has 5 nitrogen and oxygen atoms in total. The number of rotatable bonds is 5. The third-order valence-electron chi connectivity index (χ3n) is 5.44. The third kappa shape index (κ3) is 4.10. The highest BCUT2D eigenvalue weighted by Crippen LogP contribution is 2.55. The number of nitrogen functional groups attached to an aromatic ring is 1. The van der Waals surface area contributed by atoms with Crippen LogP contribution in [0.5, 0.6) is 0 Å². The Hall–Kier alpha value is -2.55. The first-order valence-corrected chi connectivity index (χ1v) is 12.9. The highest BCUT2D eigenvalue weighted by atomic mass is 32.2. The highest BCUT2D eigenvalue weighted by molar-refractivity contribution is 8.00. The van der Waals surface area contributed by atoms with E-state index in [4.69, 9.17) is 15.5 Å². The minimum Gasteiger partial charge on any atom is -0.468 e. The van der Waals surface area contributed by atoms with Crippen LogP contribution >= 0.6 is 34.9 Å². The van der Waals surface area contributed by atoms with Crippen LogP contribution in [0.3, 0.4) is 0 Å². The standard InChI is InChI=1S/C24H21N3O2S3/c1-29-18(28)13-30-24-26-22(25)19-16-12-17(14-8-4-2-5-9-14)31-20(15-10-6-3-7-11-15)21(16)32-23(19)27-24/h2-11,17,20H,12-13H2,1H3,(H2,25,26,27)/t17-,20+/m1/s1. The van der Waals surface area contributed by atoms with Crippen molar-refractivity contribution in [1.82, 2.24) is 9.97 Å². The van der Waals surface area contributed by atoms with Gasteiger partial charge in [0, 0.05) is 10.1 Å². The molecule has 5 rings (SSSR count). The lowest BCUT2D eigenvalue weighted by Gasteiger charge is -2.30. The van der Waals surface area contributed by atoms with Crippen molar-refractivity contribution in [1.29, 1.82) is 0 Å². The number of nitrogens with zero attached hydrogens (tertiary/aromatic N) is 2. The Bertz CT molecular complexity index is 1260. The maximum absolute atomic E-state index is 11.5. The number of thioether (sulfide) groups is 2. The summed E-state index contributed by atoms with van der Waals surface area (Å²) >= 11 is 4.91. The molecule has 0 aliphatic carbocycles. The van der Waals surface area contributed by atoms with Gasteiger partial charge in [-0.25, -0.2) is 9.97 Å². The first-order valence-electron chi connectivity index (χ1n) is 10.2. The van der Waals surface area contributed by atoms with Crippen LogP contribution in [-0.2, 0) is 16.0 Å². The van der Waals surface area contributed by atoms with Crippen LogP contribution in [0, 0.1) is 0 Å². The predicted molar refractivity (Wildman–Crippen MR) is 133 cm³/mol. The smallest absolute Gasteiger partial charge is 0.316 e. The molecule has 0 radical (unpaired) electrons. The van der Waals surface area contributed by atoms with Gasteiger partial charge in [-0.1, -0.05) is 72.4 Å². The summed E-state index contributed by atoms with van der Waals surface area (Å²) in [6.45, 7) is 0. The van der Waals surface area contributed by atoms with Gasteiger partial charge in [0.1, 0.15) is 10.6 Å². The molecule has 0 unspecified atom stereocenters. The number of hydrogen-bond acceptors (Lipinski definition) is 8. The molecule has 0 fully saturated rings. The first kappa shape index (κ1) is 21.3. The summed E-state index contributed by atoms with van der Waals surface area (Å²) < 4.78 is 4.73. The number of esters is 1. The summed E-state index contributed by atoms with van der Waals surface area (Å²) in [5, 5.41) is 1.98. The van der Waals surface area contributed by atoms with E-state index in [1.165, 1.54) is 40.4 Å². The van der Waals surface area contributed by atoms with Gasteiger partial charge in [0.25, 0.3) is 0 Å². The molecule has 2 aromatic heterocycles. The van der Waals surface area contributed by atoms with Crippen LogP contribution in [0.4, 0.5) is 5.82 Å². The van der Waals surface area contributed by atoms with Gasteiger partial charge in [-0.2, -0.15) is 0 Å². The second-order valence-corrected chi connectivity index (χ2v) is 10.7.